The molecule has 18 heavy (non-hydrogen) atoms. The lowest BCUT2D eigenvalue weighted by molar-refractivity contribution is -0.118. The topological polar surface area (TPSA) is 93.0 Å². The second-order valence-corrected chi connectivity index (χ2v) is 4.24. The van der Waals surface area contributed by atoms with Crippen molar-refractivity contribution in [3.63, 3.8) is 0 Å². The molecule has 0 fully saturated rings. The minimum absolute atomic E-state index is 0.0215. The van der Waals surface area contributed by atoms with Crippen molar-refractivity contribution in [2.45, 2.75) is 39.7 Å². The highest BCUT2D eigenvalue weighted by atomic mass is 16.1. The van der Waals surface area contributed by atoms with Crippen LogP contribution in [0.15, 0.2) is 24.3 Å². The molecule has 1 aromatic carbocycles. The SMILES string of the molecule is CC(=O)C(N)Cc1cccc(C(=N)N)c1.CCC. The van der Waals surface area contributed by atoms with Gasteiger partial charge in [0, 0.05) is 5.56 Å². The Morgan fingerprint density at radius 3 is 2.39 bits per heavy atom. The number of carbonyl (C=O) groups excluding carboxylic acids is 1. The number of amidine groups is 1. The monoisotopic (exact) mass is 249 g/mol. The Hall–Kier alpha value is -1.68. The minimum atomic E-state index is -0.479. The third-order valence-corrected chi connectivity index (χ3v) is 2.22. The van der Waals surface area contributed by atoms with Crippen molar-refractivity contribution >= 4 is 11.6 Å². The van der Waals surface area contributed by atoms with Gasteiger partial charge in [0.2, 0.25) is 0 Å². The fraction of sp³-hybridized carbons (Fsp3) is 0.429. The number of ketones is 1. The normalized spacial score (nSPS) is 11.1. The molecule has 0 spiro atoms. The van der Waals surface area contributed by atoms with Crippen molar-refractivity contribution < 1.29 is 4.79 Å². The average Bonchev–Trinajstić information content (AvgIpc) is 2.30. The smallest absolute Gasteiger partial charge is 0.146 e. The van der Waals surface area contributed by atoms with Gasteiger partial charge < -0.3 is 11.5 Å². The molecule has 4 heteroatoms. The lowest BCUT2D eigenvalue weighted by atomic mass is 10.0. The van der Waals surface area contributed by atoms with E-state index in [2.05, 4.69) is 13.8 Å². The molecule has 1 atom stereocenters. The van der Waals surface area contributed by atoms with Crippen LogP contribution in [0.25, 0.3) is 0 Å². The first kappa shape index (κ1) is 16.3. The number of carbonyl (C=O) groups is 1. The molecule has 0 bridgehead atoms. The summed E-state index contributed by atoms with van der Waals surface area (Å²) < 4.78 is 0. The summed E-state index contributed by atoms with van der Waals surface area (Å²) in [6, 6.07) is 6.73. The Morgan fingerprint density at radius 2 is 1.94 bits per heavy atom. The molecule has 0 aliphatic carbocycles. The molecular formula is C14H23N3O. The Bertz CT molecular complexity index is 402. The molecular weight excluding hydrogens is 226 g/mol. The number of nitrogen functional groups attached to an aromatic ring is 1. The van der Waals surface area contributed by atoms with Gasteiger partial charge in [-0.2, -0.15) is 0 Å². The predicted octanol–water partition coefficient (Wildman–Crippen LogP) is 1.85. The van der Waals surface area contributed by atoms with Gasteiger partial charge in [-0.3, -0.25) is 10.2 Å². The van der Waals surface area contributed by atoms with Gasteiger partial charge in [-0.1, -0.05) is 38.5 Å². The number of hydrogen-bond donors (Lipinski definition) is 3. The van der Waals surface area contributed by atoms with Crippen molar-refractivity contribution in [3.05, 3.63) is 35.4 Å². The molecule has 0 saturated carbocycles. The zero-order chi connectivity index (χ0) is 14.1. The Labute approximate surface area is 109 Å². The van der Waals surface area contributed by atoms with E-state index >= 15 is 0 Å². The number of hydrogen-bond acceptors (Lipinski definition) is 3. The second-order valence-electron chi connectivity index (χ2n) is 4.24. The fourth-order valence-electron chi connectivity index (χ4n) is 1.26. The standard InChI is InChI=1S/C11H15N3O.C3H8/c1-7(15)10(12)6-8-3-2-4-9(5-8)11(13)14;1-3-2/h2-5,10H,6,12H2,1H3,(H3,13,14);3H2,1-2H3. The summed E-state index contributed by atoms with van der Waals surface area (Å²) in [6.07, 6.45) is 1.73. The number of nitrogens with one attached hydrogen (secondary N) is 1. The number of nitrogens with two attached hydrogens (primary N) is 2. The van der Waals surface area contributed by atoms with Crippen molar-refractivity contribution in [1.82, 2.24) is 0 Å². The van der Waals surface area contributed by atoms with Gasteiger partial charge in [0.05, 0.1) is 6.04 Å². The average molecular weight is 249 g/mol. The summed E-state index contributed by atoms with van der Waals surface area (Å²) in [7, 11) is 0. The molecule has 1 aromatic rings. The molecule has 100 valence electrons. The van der Waals surface area contributed by atoms with Crippen molar-refractivity contribution in [2.75, 3.05) is 0 Å². The van der Waals surface area contributed by atoms with Gasteiger partial charge in [0.1, 0.15) is 11.6 Å². The van der Waals surface area contributed by atoms with E-state index in [1.165, 1.54) is 13.3 Å². The number of rotatable bonds is 4. The summed E-state index contributed by atoms with van der Waals surface area (Å²) in [6.45, 7) is 5.72. The first-order valence-electron chi connectivity index (χ1n) is 6.11. The van der Waals surface area contributed by atoms with Crippen molar-refractivity contribution in [1.29, 1.82) is 5.41 Å². The summed E-state index contributed by atoms with van der Waals surface area (Å²) in [5.41, 5.74) is 12.6. The predicted molar refractivity (Wildman–Crippen MR) is 75.8 cm³/mol. The molecule has 5 N–H and O–H groups in total. The third kappa shape index (κ3) is 6.15. The van der Waals surface area contributed by atoms with E-state index in [9.17, 15) is 4.79 Å². The van der Waals surface area contributed by atoms with Crippen LogP contribution in [0.4, 0.5) is 0 Å². The van der Waals surface area contributed by atoms with Gasteiger partial charge in [0.15, 0.2) is 0 Å². The summed E-state index contributed by atoms with van der Waals surface area (Å²) in [4.78, 5) is 11.0. The maximum Gasteiger partial charge on any atom is 0.146 e. The Kier molecular flexibility index (Phi) is 7.63. The molecule has 1 unspecified atom stereocenters. The Morgan fingerprint density at radius 1 is 1.39 bits per heavy atom. The molecule has 0 amide bonds. The van der Waals surface area contributed by atoms with Crippen LogP contribution < -0.4 is 11.5 Å². The fourth-order valence-corrected chi connectivity index (χ4v) is 1.26. The highest BCUT2D eigenvalue weighted by Crippen LogP contribution is 2.07. The van der Waals surface area contributed by atoms with E-state index in [0.717, 1.165) is 5.56 Å². The maximum atomic E-state index is 11.0. The van der Waals surface area contributed by atoms with Crippen molar-refractivity contribution in [2.24, 2.45) is 11.5 Å². The van der Waals surface area contributed by atoms with E-state index in [4.69, 9.17) is 16.9 Å². The van der Waals surface area contributed by atoms with Crippen LogP contribution in [0, 0.1) is 5.41 Å². The molecule has 0 aliphatic heterocycles. The second kappa shape index (κ2) is 8.42. The van der Waals surface area contributed by atoms with E-state index in [1.54, 1.807) is 18.2 Å². The molecule has 1 rings (SSSR count). The van der Waals surface area contributed by atoms with Gasteiger partial charge in [-0.05, 0) is 25.0 Å². The number of Topliss-reactive ketones (excluding diaryl/α,β-unsaturated/α-hetero) is 1. The molecule has 0 radical (unpaired) electrons. The van der Waals surface area contributed by atoms with Gasteiger partial charge in [-0.15, -0.1) is 0 Å². The summed E-state index contributed by atoms with van der Waals surface area (Å²) in [5, 5.41) is 7.28. The highest BCUT2D eigenvalue weighted by molar-refractivity contribution is 5.95. The van der Waals surface area contributed by atoms with Crippen LogP contribution in [0.3, 0.4) is 0 Å². The first-order chi connectivity index (χ1) is 8.42. The quantitative estimate of drug-likeness (QED) is 0.561. The van der Waals surface area contributed by atoms with Gasteiger partial charge in [-0.25, -0.2) is 0 Å². The van der Waals surface area contributed by atoms with E-state index < -0.39 is 6.04 Å². The molecule has 0 saturated heterocycles. The van der Waals surface area contributed by atoms with Crippen LogP contribution in [-0.4, -0.2) is 17.7 Å². The minimum Gasteiger partial charge on any atom is -0.384 e. The van der Waals surface area contributed by atoms with Gasteiger partial charge >= 0.3 is 0 Å². The lowest BCUT2D eigenvalue weighted by Crippen LogP contribution is -2.30. The zero-order valence-electron chi connectivity index (χ0n) is 11.4. The first-order valence-corrected chi connectivity index (χ1v) is 6.11. The summed E-state index contributed by atoms with van der Waals surface area (Å²) in [5.74, 6) is -0.0172. The van der Waals surface area contributed by atoms with Crippen LogP contribution >= 0.6 is 0 Å². The van der Waals surface area contributed by atoms with Crippen LogP contribution in [0.5, 0.6) is 0 Å². The largest absolute Gasteiger partial charge is 0.384 e. The molecule has 0 heterocycles. The van der Waals surface area contributed by atoms with Gasteiger partial charge in [0.25, 0.3) is 0 Å². The van der Waals surface area contributed by atoms with Crippen LogP contribution in [0.2, 0.25) is 0 Å². The van der Waals surface area contributed by atoms with E-state index in [0.29, 0.717) is 12.0 Å². The molecule has 0 aliphatic rings. The van der Waals surface area contributed by atoms with E-state index in [-0.39, 0.29) is 11.6 Å². The van der Waals surface area contributed by atoms with Crippen LogP contribution in [-0.2, 0) is 11.2 Å². The zero-order valence-corrected chi connectivity index (χ0v) is 11.4. The Balaban J connectivity index is 0.000000873. The third-order valence-electron chi connectivity index (χ3n) is 2.22. The van der Waals surface area contributed by atoms with E-state index in [1.807, 2.05) is 6.07 Å². The van der Waals surface area contributed by atoms with Crippen molar-refractivity contribution in [3.8, 4) is 0 Å². The molecule has 4 nitrogen and oxygen atoms in total. The lowest BCUT2D eigenvalue weighted by Gasteiger charge is -2.08. The number of benzene rings is 1. The summed E-state index contributed by atoms with van der Waals surface area (Å²) >= 11 is 0. The maximum absolute atomic E-state index is 11.0. The molecule has 0 aromatic heterocycles. The highest BCUT2D eigenvalue weighted by Gasteiger charge is 2.09. The van der Waals surface area contributed by atoms with Crippen LogP contribution in [0.1, 0.15) is 38.3 Å².